The zero-order chi connectivity index (χ0) is 8.39. The number of aromatic nitrogens is 2. The average Bonchev–Trinajstić information content (AvgIpc) is 2.63. The average molecular weight is 166 g/mol. The van der Waals surface area contributed by atoms with E-state index < -0.39 is 0 Å². The summed E-state index contributed by atoms with van der Waals surface area (Å²) in [5.41, 5.74) is 6.96. The Labute approximate surface area is 71.8 Å². The van der Waals surface area contributed by atoms with E-state index >= 15 is 0 Å². The van der Waals surface area contributed by atoms with Crippen molar-refractivity contribution in [2.45, 2.75) is 19.0 Å². The van der Waals surface area contributed by atoms with Crippen LogP contribution in [0.5, 0.6) is 0 Å². The summed E-state index contributed by atoms with van der Waals surface area (Å²) in [4.78, 5) is 9.40. The smallest absolute Gasteiger partial charge is 0.0922 e. The van der Waals surface area contributed by atoms with Gasteiger partial charge in [0.05, 0.1) is 6.33 Å². The van der Waals surface area contributed by atoms with E-state index in [1.807, 2.05) is 6.20 Å². The van der Waals surface area contributed by atoms with Gasteiger partial charge in [-0.15, -0.1) is 0 Å². The molecule has 4 heteroatoms. The highest BCUT2D eigenvalue weighted by Gasteiger charge is 2.18. The Balaban J connectivity index is 1.88. The molecule has 1 aliphatic rings. The first-order chi connectivity index (χ1) is 5.84. The van der Waals surface area contributed by atoms with Gasteiger partial charge in [-0.3, -0.25) is 4.90 Å². The molecule has 1 atom stereocenters. The van der Waals surface area contributed by atoms with Gasteiger partial charge in [-0.25, -0.2) is 4.98 Å². The lowest BCUT2D eigenvalue weighted by atomic mass is 10.3. The summed E-state index contributed by atoms with van der Waals surface area (Å²) in [6.07, 6.45) is 4.70. The first-order valence-corrected chi connectivity index (χ1v) is 4.30. The molecule has 1 aromatic rings. The molecule has 2 rings (SSSR count). The van der Waals surface area contributed by atoms with Crippen LogP contribution in [-0.4, -0.2) is 34.0 Å². The van der Waals surface area contributed by atoms with E-state index in [9.17, 15) is 0 Å². The van der Waals surface area contributed by atoms with Crippen molar-refractivity contribution in [1.29, 1.82) is 0 Å². The topological polar surface area (TPSA) is 57.9 Å². The molecule has 1 aliphatic heterocycles. The molecule has 0 aromatic carbocycles. The molecule has 4 nitrogen and oxygen atoms in total. The maximum atomic E-state index is 5.79. The largest absolute Gasteiger partial charge is 0.347 e. The Morgan fingerprint density at radius 1 is 1.75 bits per heavy atom. The molecule has 66 valence electrons. The number of hydrogen-bond donors (Lipinski definition) is 2. The van der Waals surface area contributed by atoms with Crippen LogP contribution in [0.25, 0.3) is 0 Å². The number of rotatable bonds is 2. The number of H-pyrrole nitrogens is 1. The second-order valence-corrected chi connectivity index (χ2v) is 3.36. The minimum absolute atomic E-state index is 0.368. The van der Waals surface area contributed by atoms with Gasteiger partial charge < -0.3 is 10.7 Å². The fourth-order valence-corrected chi connectivity index (χ4v) is 1.62. The van der Waals surface area contributed by atoms with E-state index in [-0.39, 0.29) is 0 Å². The lowest BCUT2D eigenvalue weighted by molar-refractivity contribution is 0.323. The van der Waals surface area contributed by atoms with Crippen LogP contribution in [0.4, 0.5) is 0 Å². The summed E-state index contributed by atoms with van der Waals surface area (Å²) in [7, 11) is 0. The summed E-state index contributed by atoms with van der Waals surface area (Å²) in [6.45, 7) is 3.08. The van der Waals surface area contributed by atoms with Gasteiger partial charge in [0.15, 0.2) is 0 Å². The molecule has 0 radical (unpaired) electrons. The highest BCUT2D eigenvalue weighted by Crippen LogP contribution is 2.09. The molecule has 1 saturated heterocycles. The first kappa shape index (κ1) is 7.76. The molecule has 12 heavy (non-hydrogen) atoms. The van der Waals surface area contributed by atoms with Crippen molar-refractivity contribution in [3.63, 3.8) is 0 Å². The zero-order valence-corrected chi connectivity index (χ0v) is 7.03. The van der Waals surface area contributed by atoms with Crippen LogP contribution in [0.2, 0.25) is 0 Å². The lowest BCUT2D eigenvalue weighted by Gasteiger charge is -2.12. The van der Waals surface area contributed by atoms with Gasteiger partial charge in [0.1, 0.15) is 0 Å². The Hall–Kier alpha value is -0.870. The fourth-order valence-electron chi connectivity index (χ4n) is 1.62. The Morgan fingerprint density at radius 2 is 2.67 bits per heavy atom. The number of imidazole rings is 1. The highest BCUT2D eigenvalue weighted by atomic mass is 15.2. The standard InChI is InChI=1S/C8H14N4/c9-7-1-2-12(4-7)5-8-3-10-6-11-8/h3,6-7H,1-2,4-5,9H2,(H,10,11)/t7-/m1/s1. The van der Waals surface area contributed by atoms with Crippen molar-refractivity contribution < 1.29 is 0 Å². The molecule has 0 saturated carbocycles. The second kappa shape index (κ2) is 3.25. The summed E-state index contributed by atoms with van der Waals surface area (Å²) in [6, 6.07) is 0.368. The lowest BCUT2D eigenvalue weighted by Crippen LogP contribution is -2.26. The predicted octanol–water partition coefficient (Wildman–Crippen LogP) is -0.0573. The number of nitrogens with two attached hydrogens (primary N) is 1. The molecule has 2 heterocycles. The quantitative estimate of drug-likeness (QED) is 0.647. The van der Waals surface area contributed by atoms with Gasteiger partial charge in [-0.1, -0.05) is 0 Å². The van der Waals surface area contributed by atoms with Gasteiger partial charge in [0.2, 0.25) is 0 Å². The molecule has 0 amide bonds. The third-order valence-corrected chi connectivity index (χ3v) is 2.26. The third-order valence-electron chi connectivity index (χ3n) is 2.26. The fraction of sp³-hybridized carbons (Fsp3) is 0.625. The van der Waals surface area contributed by atoms with Crippen molar-refractivity contribution in [3.8, 4) is 0 Å². The Kier molecular flexibility index (Phi) is 2.10. The van der Waals surface area contributed by atoms with Gasteiger partial charge >= 0.3 is 0 Å². The van der Waals surface area contributed by atoms with Crippen LogP contribution in [0, 0.1) is 0 Å². The number of likely N-dealkylation sites (tertiary alicyclic amines) is 1. The van der Waals surface area contributed by atoms with Crippen molar-refractivity contribution in [3.05, 3.63) is 18.2 Å². The predicted molar refractivity (Wildman–Crippen MR) is 46.5 cm³/mol. The summed E-state index contributed by atoms with van der Waals surface area (Å²) in [5.74, 6) is 0. The molecule has 0 aliphatic carbocycles. The van der Waals surface area contributed by atoms with Crippen LogP contribution in [-0.2, 0) is 6.54 Å². The van der Waals surface area contributed by atoms with E-state index in [0.717, 1.165) is 26.1 Å². The molecular formula is C8H14N4. The van der Waals surface area contributed by atoms with Crippen molar-refractivity contribution in [1.82, 2.24) is 14.9 Å². The maximum Gasteiger partial charge on any atom is 0.0922 e. The van der Waals surface area contributed by atoms with Crippen LogP contribution in [0.1, 0.15) is 12.1 Å². The second-order valence-electron chi connectivity index (χ2n) is 3.36. The van der Waals surface area contributed by atoms with Gasteiger partial charge in [-0.05, 0) is 6.42 Å². The monoisotopic (exact) mass is 166 g/mol. The number of hydrogen-bond acceptors (Lipinski definition) is 3. The first-order valence-electron chi connectivity index (χ1n) is 4.30. The molecule has 3 N–H and O–H groups in total. The van der Waals surface area contributed by atoms with Crippen molar-refractivity contribution >= 4 is 0 Å². The molecule has 1 fully saturated rings. The third kappa shape index (κ3) is 1.65. The summed E-state index contributed by atoms with van der Waals surface area (Å²) < 4.78 is 0. The van der Waals surface area contributed by atoms with E-state index in [1.54, 1.807) is 6.33 Å². The molecular weight excluding hydrogens is 152 g/mol. The van der Waals surface area contributed by atoms with Crippen molar-refractivity contribution in [2.24, 2.45) is 5.73 Å². The number of nitrogens with one attached hydrogen (secondary N) is 1. The van der Waals surface area contributed by atoms with Gasteiger partial charge in [0.25, 0.3) is 0 Å². The van der Waals surface area contributed by atoms with Crippen molar-refractivity contribution in [2.75, 3.05) is 13.1 Å². The van der Waals surface area contributed by atoms with E-state index in [2.05, 4.69) is 14.9 Å². The highest BCUT2D eigenvalue weighted by molar-refractivity contribution is 4.95. The molecule has 1 aromatic heterocycles. The number of aromatic amines is 1. The van der Waals surface area contributed by atoms with Crippen LogP contribution >= 0.6 is 0 Å². The molecule has 0 unspecified atom stereocenters. The van der Waals surface area contributed by atoms with Crippen LogP contribution in [0.15, 0.2) is 12.5 Å². The minimum atomic E-state index is 0.368. The Morgan fingerprint density at radius 3 is 3.25 bits per heavy atom. The van der Waals surface area contributed by atoms with E-state index in [0.29, 0.717) is 6.04 Å². The van der Waals surface area contributed by atoms with Crippen LogP contribution < -0.4 is 5.73 Å². The zero-order valence-electron chi connectivity index (χ0n) is 7.03. The van der Waals surface area contributed by atoms with Gasteiger partial charge in [0, 0.05) is 37.6 Å². The van der Waals surface area contributed by atoms with Gasteiger partial charge in [-0.2, -0.15) is 0 Å². The maximum absolute atomic E-state index is 5.79. The number of nitrogens with zero attached hydrogens (tertiary/aromatic N) is 2. The Bertz CT molecular complexity index is 231. The summed E-state index contributed by atoms with van der Waals surface area (Å²) in [5, 5.41) is 0. The summed E-state index contributed by atoms with van der Waals surface area (Å²) >= 11 is 0. The normalized spacial score (nSPS) is 24.9. The SMILES string of the molecule is N[C@@H]1CCN(Cc2cnc[nH]2)C1. The molecule has 0 bridgehead atoms. The van der Waals surface area contributed by atoms with E-state index in [1.165, 1.54) is 5.69 Å². The van der Waals surface area contributed by atoms with Crippen LogP contribution in [0.3, 0.4) is 0 Å². The molecule has 0 spiro atoms. The van der Waals surface area contributed by atoms with E-state index in [4.69, 9.17) is 5.73 Å². The minimum Gasteiger partial charge on any atom is -0.347 e.